The topological polar surface area (TPSA) is 46.2 Å². The summed E-state index contributed by atoms with van der Waals surface area (Å²) in [6, 6.07) is 3.88. The van der Waals surface area contributed by atoms with Crippen molar-refractivity contribution in [3.8, 4) is 0 Å². The molecule has 0 bridgehead atoms. The summed E-state index contributed by atoms with van der Waals surface area (Å²) in [6.45, 7) is 6.42. The van der Waals surface area contributed by atoms with Gasteiger partial charge in [0, 0.05) is 32.5 Å². The summed E-state index contributed by atoms with van der Waals surface area (Å²) in [5.74, 6) is 1.86. The van der Waals surface area contributed by atoms with Crippen LogP contribution >= 0.6 is 0 Å². The van der Waals surface area contributed by atoms with E-state index < -0.39 is 0 Å². The average Bonchev–Trinajstić information content (AvgIpc) is 3.00. The predicted octanol–water partition coefficient (Wildman–Crippen LogP) is 2.28. The van der Waals surface area contributed by atoms with Crippen LogP contribution in [0.3, 0.4) is 0 Å². The number of imidazole rings is 1. The van der Waals surface area contributed by atoms with Gasteiger partial charge in [-0.1, -0.05) is 13.8 Å². The number of hydrogen-bond acceptors (Lipinski definition) is 4. The van der Waals surface area contributed by atoms with Crippen molar-refractivity contribution in [2.24, 2.45) is 12.5 Å². The Balaban J connectivity index is 2.13. The van der Waals surface area contributed by atoms with Crippen LogP contribution in [-0.4, -0.2) is 41.6 Å². The molecule has 0 radical (unpaired) electrons. The minimum atomic E-state index is -0.0264. The first-order valence-corrected chi connectivity index (χ1v) is 7.28. The zero-order valence-electron chi connectivity index (χ0n) is 13.6. The molecule has 2 aromatic heterocycles. The van der Waals surface area contributed by atoms with Gasteiger partial charge in [-0.05, 0) is 31.6 Å². The highest BCUT2D eigenvalue weighted by Gasteiger charge is 2.25. The Labute approximate surface area is 127 Å². The van der Waals surface area contributed by atoms with Crippen LogP contribution in [0.4, 0.5) is 0 Å². The minimum absolute atomic E-state index is 0.0264. The van der Waals surface area contributed by atoms with Crippen LogP contribution in [0.5, 0.6) is 0 Å². The van der Waals surface area contributed by atoms with E-state index in [1.807, 2.05) is 36.1 Å². The highest BCUT2D eigenvalue weighted by atomic mass is 16.3. The highest BCUT2D eigenvalue weighted by molar-refractivity contribution is 5.15. The first kappa shape index (κ1) is 15.8. The van der Waals surface area contributed by atoms with Gasteiger partial charge in [0.05, 0.1) is 6.26 Å². The quantitative estimate of drug-likeness (QED) is 0.850. The molecule has 0 spiro atoms. The Hall–Kier alpha value is -1.59. The van der Waals surface area contributed by atoms with Crippen molar-refractivity contribution in [1.82, 2.24) is 19.8 Å². The first-order valence-electron chi connectivity index (χ1n) is 7.28. The normalized spacial score (nSPS) is 13.8. The number of furan rings is 1. The molecule has 0 aliphatic rings. The van der Waals surface area contributed by atoms with Crippen molar-refractivity contribution >= 4 is 0 Å². The van der Waals surface area contributed by atoms with E-state index >= 15 is 0 Å². The smallest absolute Gasteiger partial charge is 0.133 e. The van der Waals surface area contributed by atoms with E-state index in [9.17, 15) is 0 Å². The lowest BCUT2D eigenvalue weighted by atomic mass is 9.92. The maximum atomic E-state index is 5.59. The Kier molecular flexibility index (Phi) is 4.85. The van der Waals surface area contributed by atoms with Crippen LogP contribution < -0.4 is 5.32 Å². The molecule has 0 aliphatic heterocycles. The highest BCUT2D eigenvalue weighted by Crippen LogP contribution is 2.23. The summed E-state index contributed by atoms with van der Waals surface area (Å²) >= 11 is 0. The largest absolute Gasteiger partial charge is 0.467 e. The van der Waals surface area contributed by atoms with Gasteiger partial charge in [-0.25, -0.2) is 4.98 Å². The van der Waals surface area contributed by atoms with Crippen LogP contribution in [0.25, 0.3) is 0 Å². The van der Waals surface area contributed by atoms with Gasteiger partial charge in [0.25, 0.3) is 0 Å². The van der Waals surface area contributed by atoms with E-state index in [0.717, 1.165) is 24.7 Å². The number of nitrogens with zero attached hydrogens (tertiary/aromatic N) is 3. The van der Waals surface area contributed by atoms with Gasteiger partial charge in [0.2, 0.25) is 0 Å². The molecule has 2 aromatic rings. The SMILES string of the molecule is CN(C)CC(C)(C)CNC(c1ccco1)c1nccn1C. The molecular weight excluding hydrogens is 264 g/mol. The minimum Gasteiger partial charge on any atom is -0.467 e. The molecular formula is C16H26N4O. The third kappa shape index (κ3) is 4.19. The summed E-state index contributed by atoms with van der Waals surface area (Å²) in [7, 11) is 6.21. The third-order valence-electron chi connectivity index (χ3n) is 3.47. The van der Waals surface area contributed by atoms with E-state index in [0.29, 0.717) is 0 Å². The average molecular weight is 290 g/mol. The van der Waals surface area contributed by atoms with Crippen LogP contribution in [0.15, 0.2) is 35.2 Å². The van der Waals surface area contributed by atoms with Crippen molar-refractivity contribution in [1.29, 1.82) is 0 Å². The fourth-order valence-electron chi connectivity index (χ4n) is 2.72. The van der Waals surface area contributed by atoms with E-state index in [1.165, 1.54) is 0 Å². The lowest BCUT2D eigenvalue weighted by Crippen LogP contribution is -2.39. The molecule has 116 valence electrons. The van der Waals surface area contributed by atoms with Crippen molar-refractivity contribution in [2.75, 3.05) is 27.2 Å². The van der Waals surface area contributed by atoms with Crippen LogP contribution in [-0.2, 0) is 7.05 Å². The van der Waals surface area contributed by atoms with Gasteiger partial charge in [-0.2, -0.15) is 0 Å². The molecule has 1 N–H and O–H groups in total. The summed E-state index contributed by atoms with van der Waals surface area (Å²) < 4.78 is 7.62. The second-order valence-corrected chi connectivity index (χ2v) is 6.63. The molecule has 0 fully saturated rings. The number of rotatable bonds is 7. The van der Waals surface area contributed by atoms with Gasteiger partial charge >= 0.3 is 0 Å². The van der Waals surface area contributed by atoms with E-state index in [-0.39, 0.29) is 11.5 Å². The lowest BCUT2D eigenvalue weighted by Gasteiger charge is -2.30. The summed E-state index contributed by atoms with van der Waals surface area (Å²) in [5, 5.41) is 3.61. The Morgan fingerprint density at radius 3 is 2.71 bits per heavy atom. The standard InChI is InChI=1S/C16H26N4O/c1-16(2,12-19(3)4)11-18-14(13-7-6-10-21-13)15-17-8-9-20(15)5/h6-10,14,18H,11-12H2,1-5H3. The van der Waals surface area contributed by atoms with Crippen molar-refractivity contribution in [3.05, 3.63) is 42.4 Å². The molecule has 21 heavy (non-hydrogen) atoms. The Bertz CT molecular complexity index is 542. The van der Waals surface area contributed by atoms with Gasteiger partial charge in [-0.3, -0.25) is 0 Å². The van der Waals surface area contributed by atoms with Gasteiger partial charge in [0.15, 0.2) is 0 Å². The van der Waals surface area contributed by atoms with E-state index in [1.54, 1.807) is 6.26 Å². The van der Waals surface area contributed by atoms with Crippen molar-refractivity contribution in [2.45, 2.75) is 19.9 Å². The predicted molar refractivity (Wildman–Crippen MR) is 84.1 cm³/mol. The summed E-state index contributed by atoms with van der Waals surface area (Å²) in [5.41, 5.74) is 0.166. The Morgan fingerprint density at radius 1 is 1.43 bits per heavy atom. The number of hydrogen-bond donors (Lipinski definition) is 1. The Morgan fingerprint density at radius 2 is 2.19 bits per heavy atom. The van der Waals surface area contributed by atoms with Gasteiger partial charge in [-0.15, -0.1) is 0 Å². The first-order chi connectivity index (χ1) is 9.89. The maximum absolute atomic E-state index is 5.59. The molecule has 2 heterocycles. The monoisotopic (exact) mass is 290 g/mol. The molecule has 0 saturated carbocycles. The maximum Gasteiger partial charge on any atom is 0.133 e. The van der Waals surface area contributed by atoms with Crippen LogP contribution in [0.2, 0.25) is 0 Å². The summed E-state index contributed by atoms with van der Waals surface area (Å²) in [4.78, 5) is 6.68. The molecule has 0 saturated heterocycles. The zero-order chi connectivity index (χ0) is 15.5. The molecule has 1 unspecified atom stereocenters. The van der Waals surface area contributed by atoms with Crippen molar-refractivity contribution in [3.63, 3.8) is 0 Å². The molecule has 0 aliphatic carbocycles. The molecule has 0 aromatic carbocycles. The fourth-order valence-corrected chi connectivity index (χ4v) is 2.72. The summed E-state index contributed by atoms with van der Waals surface area (Å²) in [6.07, 6.45) is 5.48. The third-order valence-corrected chi connectivity index (χ3v) is 3.47. The second kappa shape index (κ2) is 6.45. The molecule has 2 rings (SSSR count). The van der Waals surface area contributed by atoms with Gasteiger partial charge in [0.1, 0.15) is 17.6 Å². The molecule has 1 atom stereocenters. The second-order valence-electron chi connectivity index (χ2n) is 6.63. The molecule has 0 amide bonds. The molecule has 5 heteroatoms. The number of aryl methyl sites for hydroxylation is 1. The van der Waals surface area contributed by atoms with E-state index in [4.69, 9.17) is 4.42 Å². The van der Waals surface area contributed by atoms with Crippen LogP contribution in [0, 0.1) is 5.41 Å². The number of aromatic nitrogens is 2. The number of nitrogens with one attached hydrogen (secondary N) is 1. The fraction of sp³-hybridized carbons (Fsp3) is 0.562. The van der Waals surface area contributed by atoms with E-state index in [2.05, 4.69) is 43.1 Å². The zero-order valence-corrected chi connectivity index (χ0v) is 13.6. The van der Waals surface area contributed by atoms with Crippen molar-refractivity contribution < 1.29 is 4.42 Å². The van der Waals surface area contributed by atoms with Gasteiger partial charge < -0.3 is 19.2 Å². The molecule has 5 nitrogen and oxygen atoms in total. The lowest BCUT2D eigenvalue weighted by molar-refractivity contribution is 0.224. The van der Waals surface area contributed by atoms with Crippen LogP contribution in [0.1, 0.15) is 31.5 Å².